The number of benzene rings is 1. The third-order valence-electron chi connectivity index (χ3n) is 1.22. The molecule has 0 saturated carbocycles. The molecule has 0 fully saturated rings. The van der Waals surface area contributed by atoms with Crippen molar-refractivity contribution in [3.05, 3.63) is 42.0 Å². The second kappa shape index (κ2) is 15.4. The molecule has 0 aliphatic carbocycles. The molecule has 0 aliphatic heterocycles. The fourth-order valence-corrected chi connectivity index (χ4v) is 0.732. The molecule has 18 heteroatoms. The fourth-order valence-electron chi connectivity index (χ4n) is 0.732. The Morgan fingerprint density at radius 3 is 1.19 bits per heavy atom. The second-order valence-electron chi connectivity index (χ2n) is 3.57. The number of carbonyl (C=O) groups is 1. The van der Waals surface area contributed by atoms with Gasteiger partial charge < -0.3 is 56.9 Å². The first-order chi connectivity index (χ1) is 11.3. The minimum absolute atomic E-state index is 0. The number of rotatable bonds is 2. The Morgan fingerprint density at radius 2 is 0.963 bits per heavy atom. The molecule has 1 rings (SSSR count). The van der Waals surface area contributed by atoms with Gasteiger partial charge in [-0.15, -0.1) is 0 Å². The van der Waals surface area contributed by atoms with Gasteiger partial charge in [-0.2, -0.15) is 0 Å². The molecule has 0 heterocycles. The Labute approximate surface area is 157 Å². The molecule has 0 spiro atoms. The van der Waals surface area contributed by atoms with Gasteiger partial charge in [0.1, 0.15) is 0 Å². The average molecular weight is 417 g/mol. The maximum atomic E-state index is 10.1. The van der Waals surface area contributed by atoms with Crippen molar-refractivity contribution < 1.29 is 61.7 Å². The zero-order valence-corrected chi connectivity index (χ0v) is 12.2. The van der Waals surface area contributed by atoms with Crippen molar-refractivity contribution in [2.45, 2.75) is 0 Å². The Kier molecular flexibility index (Phi) is 18.9. The second-order valence-corrected chi connectivity index (χ2v) is 3.57. The van der Waals surface area contributed by atoms with Crippen molar-refractivity contribution in [3.63, 3.8) is 0 Å². The van der Waals surface area contributed by atoms with Crippen LogP contribution < -0.4 is 0 Å². The van der Waals surface area contributed by atoms with Crippen LogP contribution in [-0.4, -0.2) is 51.7 Å². The predicted molar refractivity (Wildman–Crippen MR) is 80.8 cm³/mol. The molecule has 1 aromatic carbocycles. The molecule has 0 amide bonds. The summed E-state index contributed by atoms with van der Waals surface area (Å²) < 4.78 is 117. The number of hydrogen-bond donors (Lipinski definition) is 1. The van der Waals surface area contributed by atoms with Gasteiger partial charge in [0.2, 0.25) is 0 Å². The van der Waals surface area contributed by atoms with Crippen LogP contribution in [0.3, 0.4) is 0 Å². The van der Waals surface area contributed by atoms with Gasteiger partial charge in [-0.3, -0.25) is 0 Å². The van der Waals surface area contributed by atoms with Crippen molar-refractivity contribution in [3.8, 4) is 0 Å². The van der Waals surface area contributed by atoms with Gasteiger partial charge in [-0.25, -0.2) is 4.79 Å². The van der Waals surface area contributed by atoms with E-state index in [9.17, 15) is 56.6 Å². The topological polar surface area (TPSA) is 37.3 Å². The summed E-state index contributed by atoms with van der Waals surface area (Å²) in [6, 6.07) is 9.31. The summed E-state index contributed by atoms with van der Waals surface area (Å²) >= 11 is 0. The van der Waals surface area contributed by atoms with E-state index in [1.165, 1.54) is 0 Å². The van der Waals surface area contributed by atoms with E-state index in [1.54, 1.807) is 6.08 Å². The number of halogens is 12. The van der Waals surface area contributed by atoms with Crippen molar-refractivity contribution >= 4 is 52.7 Å². The van der Waals surface area contributed by atoms with E-state index in [2.05, 4.69) is 0 Å². The number of carboxylic acid groups (broad SMARTS) is 1. The molecule has 0 aliphatic rings. The van der Waals surface area contributed by atoms with Crippen LogP contribution in [0.15, 0.2) is 36.4 Å². The first kappa shape index (κ1) is 33.0. The molecular formula is C9H9B3F12LiO2-3. The zero-order valence-electron chi connectivity index (χ0n) is 12.2. The Bertz CT molecular complexity index is 471. The summed E-state index contributed by atoms with van der Waals surface area (Å²) in [6.45, 7) is 0. The van der Waals surface area contributed by atoms with Crippen molar-refractivity contribution in [1.82, 2.24) is 0 Å². The molecule has 0 atom stereocenters. The Morgan fingerprint density at radius 1 is 0.704 bits per heavy atom. The fraction of sp³-hybridized carbons (Fsp3) is 0. The standard InChI is InChI=1S/C9H8O2.3BF4.Li.H/c10-9(11)7-6-8-4-2-1-3-5-8;3*2-1(3,4)5;;/h1-7H,(H,10,11);;;;;/q;3*-1;;. The third-order valence-corrected chi connectivity index (χ3v) is 1.22. The van der Waals surface area contributed by atoms with Crippen LogP contribution in [0.1, 0.15) is 5.56 Å². The molecule has 1 N–H and O–H groups in total. The molecular weight excluding hydrogens is 407 g/mol. The van der Waals surface area contributed by atoms with E-state index in [-0.39, 0.29) is 18.9 Å². The quantitative estimate of drug-likeness (QED) is 0.417. The van der Waals surface area contributed by atoms with Crippen LogP contribution in [0, 0.1) is 0 Å². The molecule has 1 aromatic rings. The molecule has 27 heavy (non-hydrogen) atoms. The van der Waals surface area contributed by atoms with Crippen LogP contribution in [0.5, 0.6) is 0 Å². The van der Waals surface area contributed by atoms with Gasteiger partial charge in [0.15, 0.2) is 0 Å². The van der Waals surface area contributed by atoms with Crippen molar-refractivity contribution in [1.29, 1.82) is 0 Å². The van der Waals surface area contributed by atoms with Crippen molar-refractivity contribution in [2.75, 3.05) is 0 Å². The predicted octanol–water partition coefficient (Wildman–Crippen LogP) is 5.04. The van der Waals surface area contributed by atoms with E-state index in [0.29, 0.717) is 0 Å². The van der Waals surface area contributed by atoms with E-state index >= 15 is 0 Å². The van der Waals surface area contributed by atoms with Gasteiger partial charge in [0.05, 0.1) is 0 Å². The minimum atomic E-state index is -6.00. The molecule has 154 valence electrons. The van der Waals surface area contributed by atoms with Crippen LogP contribution in [-0.2, 0) is 4.79 Å². The monoisotopic (exact) mass is 417 g/mol. The van der Waals surface area contributed by atoms with Crippen LogP contribution >= 0.6 is 0 Å². The summed E-state index contributed by atoms with van der Waals surface area (Å²) in [7, 11) is -18.0. The number of aliphatic carboxylic acids is 1. The first-order valence-corrected chi connectivity index (χ1v) is 5.87. The van der Waals surface area contributed by atoms with Gasteiger partial charge >= 0.3 is 46.6 Å². The molecule has 0 aromatic heterocycles. The molecule has 0 saturated heterocycles. The molecule has 0 radical (unpaired) electrons. The van der Waals surface area contributed by atoms with Crippen LogP contribution in [0.4, 0.5) is 51.8 Å². The first-order valence-electron chi connectivity index (χ1n) is 5.87. The van der Waals surface area contributed by atoms with Gasteiger partial charge in [-0.1, -0.05) is 30.3 Å². The van der Waals surface area contributed by atoms with Crippen LogP contribution in [0.2, 0.25) is 0 Å². The summed E-state index contributed by atoms with van der Waals surface area (Å²) in [4.78, 5) is 10.1. The van der Waals surface area contributed by atoms with Crippen molar-refractivity contribution in [2.24, 2.45) is 0 Å². The van der Waals surface area contributed by atoms with E-state index in [0.717, 1.165) is 11.6 Å². The Hall–Kier alpha value is -1.62. The summed E-state index contributed by atoms with van der Waals surface area (Å²) in [5.74, 6) is -0.922. The SMILES string of the molecule is F[B-](F)(F)F.F[B-](F)(F)F.F[B-](F)(F)F.O=C(O)C=Cc1ccccc1.[LiH]. The molecule has 0 bridgehead atoms. The summed E-state index contributed by atoms with van der Waals surface area (Å²) in [5, 5.41) is 8.29. The molecule has 2 nitrogen and oxygen atoms in total. The third kappa shape index (κ3) is 94.3. The number of carboxylic acids is 1. The normalized spacial score (nSPS) is 10.8. The van der Waals surface area contributed by atoms with Gasteiger partial charge in [-0.05, 0) is 11.6 Å². The van der Waals surface area contributed by atoms with E-state index in [1.807, 2.05) is 30.3 Å². The van der Waals surface area contributed by atoms with Gasteiger partial charge in [0, 0.05) is 6.08 Å². The Balaban J connectivity index is -0.000000142. The average Bonchev–Trinajstić information content (AvgIpc) is 2.31. The van der Waals surface area contributed by atoms with Gasteiger partial charge in [0.25, 0.3) is 0 Å². The van der Waals surface area contributed by atoms with Crippen LogP contribution in [0.25, 0.3) is 6.08 Å². The summed E-state index contributed by atoms with van der Waals surface area (Å²) in [6.07, 6.45) is 2.68. The number of hydrogen-bond acceptors (Lipinski definition) is 1. The maximum absolute atomic E-state index is 10.1. The molecule has 0 unspecified atom stereocenters. The van der Waals surface area contributed by atoms with E-state index in [4.69, 9.17) is 5.11 Å². The zero-order chi connectivity index (χ0) is 21.6. The summed E-state index contributed by atoms with van der Waals surface area (Å²) in [5.41, 5.74) is 0.898. The van der Waals surface area contributed by atoms with E-state index < -0.39 is 27.7 Å².